The highest BCUT2D eigenvalue weighted by Gasteiger charge is 2.30. The van der Waals surface area contributed by atoms with Gasteiger partial charge in [0, 0.05) is 30.2 Å². The Hall–Kier alpha value is -2.88. The highest BCUT2D eigenvalue weighted by molar-refractivity contribution is 5.95. The molecule has 4 heteroatoms. The molecule has 1 unspecified atom stereocenters. The minimum absolute atomic E-state index is 0.0567. The molecule has 4 nitrogen and oxygen atoms in total. The molecule has 0 aliphatic heterocycles. The number of hydrogen-bond donors (Lipinski definition) is 0. The quantitative estimate of drug-likeness (QED) is 0.660. The molecule has 0 N–H and O–H groups in total. The van der Waals surface area contributed by atoms with Gasteiger partial charge in [-0.15, -0.1) is 0 Å². The third kappa shape index (κ3) is 3.54. The Morgan fingerprint density at radius 2 is 2.00 bits per heavy atom. The summed E-state index contributed by atoms with van der Waals surface area (Å²) < 4.78 is 1.92. The maximum atomic E-state index is 13.3. The molecule has 1 fully saturated rings. The summed E-state index contributed by atoms with van der Waals surface area (Å²) in [4.78, 5) is 19.5. The lowest BCUT2D eigenvalue weighted by atomic mass is 10.0. The first-order valence-electron chi connectivity index (χ1n) is 9.16. The van der Waals surface area contributed by atoms with Crippen molar-refractivity contribution in [2.75, 3.05) is 6.54 Å². The number of carbonyl (C=O) groups is 1. The van der Waals surface area contributed by atoms with E-state index < -0.39 is 0 Å². The summed E-state index contributed by atoms with van der Waals surface area (Å²) in [6.45, 7) is 2.94. The van der Waals surface area contributed by atoms with Gasteiger partial charge in [0.15, 0.2) is 0 Å². The van der Waals surface area contributed by atoms with E-state index in [1.54, 1.807) is 12.5 Å². The van der Waals surface area contributed by atoms with Gasteiger partial charge in [0.1, 0.15) is 0 Å². The lowest BCUT2D eigenvalue weighted by molar-refractivity contribution is 0.0680. The van der Waals surface area contributed by atoms with Crippen molar-refractivity contribution < 1.29 is 4.79 Å². The number of carbonyl (C=O) groups excluding carboxylic acids is 1. The SMILES string of the molecule is CC(c1ccccc1)N(CC1CC1)C(=O)c1cccc(-n2ccnc2)c1. The maximum Gasteiger partial charge on any atom is 0.254 e. The second-order valence-corrected chi connectivity index (χ2v) is 7.01. The van der Waals surface area contributed by atoms with E-state index in [4.69, 9.17) is 0 Å². The molecule has 1 saturated carbocycles. The van der Waals surface area contributed by atoms with Crippen molar-refractivity contribution in [3.05, 3.63) is 84.4 Å². The van der Waals surface area contributed by atoms with Gasteiger partial charge in [-0.2, -0.15) is 0 Å². The van der Waals surface area contributed by atoms with Crippen LogP contribution in [0.5, 0.6) is 0 Å². The molecule has 1 heterocycles. The molecule has 0 bridgehead atoms. The lowest BCUT2D eigenvalue weighted by Gasteiger charge is -2.30. The van der Waals surface area contributed by atoms with Crippen molar-refractivity contribution >= 4 is 5.91 Å². The molecule has 1 aromatic heterocycles. The topological polar surface area (TPSA) is 38.1 Å². The number of amides is 1. The summed E-state index contributed by atoms with van der Waals surface area (Å²) in [6.07, 6.45) is 7.82. The van der Waals surface area contributed by atoms with Gasteiger partial charge in [-0.05, 0) is 49.4 Å². The predicted octanol–water partition coefficient (Wildman–Crippen LogP) is 4.49. The molecule has 1 amide bonds. The molecule has 3 aromatic rings. The summed E-state index contributed by atoms with van der Waals surface area (Å²) in [5, 5.41) is 0. The zero-order valence-electron chi connectivity index (χ0n) is 15.0. The van der Waals surface area contributed by atoms with E-state index >= 15 is 0 Å². The van der Waals surface area contributed by atoms with Crippen LogP contribution in [-0.4, -0.2) is 26.9 Å². The van der Waals surface area contributed by atoms with Gasteiger partial charge in [-0.1, -0.05) is 36.4 Å². The van der Waals surface area contributed by atoms with Crippen LogP contribution in [0.25, 0.3) is 5.69 Å². The van der Waals surface area contributed by atoms with Gasteiger partial charge in [-0.3, -0.25) is 4.79 Å². The first-order chi connectivity index (χ1) is 12.7. The van der Waals surface area contributed by atoms with Gasteiger partial charge in [0.25, 0.3) is 5.91 Å². The number of benzene rings is 2. The predicted molar refractivity (Wildman–Crippen MR) is 102 cm³/mol. The van der Waals surface area contributed by atoms with Crippen LogP contribution in [0.1, 0.15) is 41.7 Å². The molecule has 132 valence electrons. The lowest BCUT2D eigenvalue weighted by Crippen LogP contribution is -2.35. The van der Waals surface area contributed by atoms with E-state index in [9.17, 15) is 4.79 Å². The zero-order valence-corrected chi connectivity index (χ0v) is 15.0. The number of aromatic nitrogens is 2. The van der Waals surface area contributed by atoms with E-state index in [1.165, 1.54) is 18.4 Å². The highest BCUT2D eigenvalue weighted by atomic mass is 16.2. The number of hydrogen-bond acceptors (Lipinski definition) is 2. The number of rotatable bonds is 6. The molecular formula is C22H23N3O. The summed E-state index contributed by atoms with van der Waals surface area (Å²) in [6, 6.07) is 18.1. The van der Waals surface area contributed by atoms with Gasteiger partial charge in [0.2, 0.25) is 0 Å². The van der Waals surface area contributed by atoms with Crippen molar-refractivity contribution in [1.29, 1.82) is 0 Å². The van der Waals surface area contributed by atoms with Crippen LogP contribution in [-0.2, 0) is 0 Å². The molecule has 0 saturated heterocycles. The van der Waals surface area contributed by atoms with Gasteiger partial charge in [0.05, 0.1) is 12.4 Å². The van der Waals surface area contributed by atoms with Crippen LogP contribution in [0, 0.1) is 5.92 Å². The molecule has 0 spiro atoms. The Morgan fingerprint density at radius 3 is 2.69 bits per heavy atom. The monoisotopic (exact) mass is 345 g/mol. The third-order valence-corrected chi connectivity index (χ3v) is 5.06. The molecule has 1 aliphatic carbocycles. The van der Waals surface area contributed by atoms with Crippen LogP contribution in [0.4, 0.5) is 0 Å². The second-order valence-electron chi connectivity index (χ2n) is 7.01. The summed E-state index contributed by atoms with van der Waals surface area (Å²) >= 11 is 0. The Bertz CT molecular complexity index is 869. The van der Waals surface area contributed by atoms with Crippen molar-refractivity contribution in [3.63, 3.8) is 0 Å². The maximum absolute atomic E-state index is 13.3. The first kappa shape index (κ1) is 16.6. The van der Waals surface area contributed by atoms with E-state index in [2.05, 4.69) is 24.0 Å². The molecule has 2 aromatic carbocycles. The Kier molecular flexibility index (Phi) is 4.57. The van der Waals surface area contributed by atoms with Crippen molar-refractivity contribution in [1.82, 2.24) is 14.5 Å². The number of imidazole rings is 1. The van der Waals surface area contributed by atoms with Gasteiger partial charge >= 0.3 is 0 Å². The van der Waals surface area contributed by atoms with E-state index in [0.717, 1.165) is 17.8 Å². The average molecular weight is 345 g/mol. The van der Waals surface area contributed by atoms with Gasteiger partial charge < -0.3 is 9.47 Å². The van der Waals surface area contributed by atoms with Crippen molar-refractivity contribution in [2.45, 2.75) is 25.8 Å². The van der Waals surface area contributed by atoms with E-state index in [-0.39, 0.29) is 11.9 Å². The Labute approximate surface area is 154 Å². The fraction of sp³-hybridized carbons (Fsp3) is 0.273. The second kappa shape index (κ2) is 7.16. The third-order valence-electron chi connectivity index (χ3n) is 5.06. The summed E-state index contributed by atoms with van der Waals surface area (Å²) in [5.41, 5.74) is 2.85. The van der Waals surface area contributed by atoms with Crippen LogP contribution in [0.15, 0.2) is 73.3 Å². The smallest absolute Gasteiger partial charge is 0.254 e. The van der Waals surface area contributed by atoms with E-state index in [1.807, 2.05) is 58.1 Å². The molecule has 26 heavy (non-hydrogen) atoms. The fourth-order valence-corrected chi connectivity index (χ4v) is 3.28. The van der Waals surface area contributed by atoms with Crippen molar-refractivity contribution in [3.8, 4) is 5.69 Å². The minimum atomic E-state index is 0.0567. The number of nitrogens with zero attached hydrogens (tertiary/aromatic N) is 3. The summed E-state index contributed by atoms with van der Waals surface area (Å²) in [7, 11) is 0. The fourth-order valence-electron chi connectivity index (χ4n) is 3.28. The Balaban J connectivity index is 1.63. The normalized spacial score (nSPS) is 14.8. The van der Waals surface area contributed by atoms with Crippen LogP contribution < -0.4 is 0 Å². The standard InChI is InChI=1S/C22H23N3O/c1-17(19-6-3-2-4-7-19)25(15-18-10-11-18)22(26)20-8-5-9-21(14-20)24-13-12-23-16-24/h2-9,12-14,16-18H,10-11,15H2,1H3. The molecule has 0 radical (unpaired) electrons. The molecule has 1 aliphatic rings. The van der Waals surface area contributed by atoms with Crippen LogP contribution >= 0.6 is 0 Å². The van der Waals surface area contributed by atoms with Crippen LogP contribution in [0.3, 0.4) is 0 Å². The average Bonchev–Trinajstić information content (AvgIpc) is 3.35. The molecule has 1 atom stereocenters. The largest absolute Gasteiger partial charge is 0.332 e. The first-order valence-corrected chi connectivity index (χ1v) is 9.16. The van der Waals surface area contributed by atoms with E-state index in [0.29, 0.717) is 5.92 Å². The Morgan fingerprint density at radius 1 is 1.19 bits per heavy atom. The van der Waals surface area contributed by atoms with Gasteiger partial charge in [-0.25, -0.2) is 4.98 Å². The van der Waals surface area contributed by atoms with Crippen LogP contribution in [0.2, 0.25) is 0 Å². The minimum Gasteiger partial charge on any atom is -0.332 e. The summed E-state index contributed by atoms with van der Waals surface area (Å²) in [5.74, 6) is 0.733. The molecular weight excluding hydrogens is 322 g/mol. The zero-order chi connectivity index (χ0) is 17.9. The highest BCUT2D eigenvalue weighted by Crippen LogP contribution is 2.33. The molecule has 4 rings (SSSR count). The van der Waals surface area contributed by atoms with Crippen molar-refractivity contribution in [2.24, 2.45) is 5.92 Å².